The molecule has 0 aliphatic carbocycles. The standard InChI is InChI=1S/C15H24N2O/c1-5-15(16,6-2)10-17-14(18)13-8-7-11(3)12(4)9-13/h7-9H,5-6,10,16H2,1-4H3,(H,17,18). The Hall–Kier alpha value is -1.35. The molecule has 0 heterocycles. The van der Waals surface area contributed by atoms with Crippen LogP contribution in [-0.4, -0.2) is 18.0 Å². The number of rotatable bonds is 5. The predicted octanol–water partition coefficient (Wildman–Crippen LogP) is 2.55. The molecule has 0 fully saturated rings. The lowest BCUT2D eigenvalue weighted by Gasteiger charge is -2.26. The summed E-state index contributed by atoms with van der Waals surface area (Å²) in [6, 6.07) is 5.74. The SMILES string of the molecule is CCC(N)(CC)CNC(=O)c1ccc(C)c(C)c1. The number of hydrogen-bond donors (Lipinski definition) is 2. The Bertz CT molecular complexity index is 423. The van der Waals surface area contributed by atoms with Crippen molar-refractivity contribution in [3.63, 3.8) is 0 Å². The van der Waals surface area contributed by atoms with Gasteiger partial charge in [-0.15, -0.1) is 0 Å². The molecule has 0 atom stereocenters. The fourth-order valence-corrected chi connectivity index (χ4v) is 1.74. The lowest BCUT2D eigenvalue weighted by molar-refractivity contribution is 0.0942. The number of amides is 1. The summed E-state index contributed by atoms with van der Waals surface area (Å²) in [5.74, 6) is -0.0465. The van der Waals surface area contributed by atoms with Gasteiger partial charge < -0.3 is 11.1 Å². The average Bonchev–Trinajstić information content (AvgIpc) is 2.38. The Balaban J connectivity index is 2.68. The molecular weight excluding hydrogens is 224 g/mol. The maximum Gasteiger partial charge on any atom is 0.251 e. The minimum Gasteiger partial charge on any atom is -0.350 e. The van der Waals surface area contributed by atoms with Crippen molar-refractivity contribution in [2.24, 2.45) is 5.73 Å². The van der Waals surface area contributed by atoms with Crippen molar-refractivity contribution in [3.8, 4) is 0 Å². The van der Waals surface area contributed by atoms with Crippen molar-refractivity contribution >= 4 is 5.91 Å². The number of benzene rings is 1. The van der Waals surface area contributed by atoms with Crippen LogP contribution in [0.4, 0.5) is 0 Å². The van der Waals surface area contributed by atoms with E-state index in [0.717, 1.165) is 18.4 Å². The quantitative estimate of drug-likeness (QED) is 0.841. The third-order valence-corrected chi connectivity index (χ3v) is 3.78. The first-order valence-electron chi connectivity index (χ1n) is 6.56. The van der Waals surface area contributed by atoms with E-state index in [2.05, 4.69) is 5.32 Å². The van der Waals surface area contributed by atoms with E-state index in [1.807, 2.05) is 45.9 Å². The van der Waals surface area contributed by atoms with E-state index in [4.69, 9.17) is 5.73 Å². The van der Waals surface area contributed by atoms with Crippen molar-refractivity contribution < 1.29 is 4.79 Å². The number of carbonyl (C=O) groups excluding carboxylic acids is 1. The van der Waals surface area contributed by atoms with E-state index >= 15 is 0 Å². The second kappa shape index (κ2) is 6.01. The molecule has 0 unspecified atom stereocenters. The van der Waals surface area contributed by atoms with Gasteiger partial charge in [-0.3, -0.25) is 4.79 Å². The Labute approximate surface area is 110 Å². The van der Waals surface area contributed by atoms with E-state index in [0.29, 0.717) is 12.1 Å². The Morgan fingerprint density at radius 3 is 2.33 bits per heavy atom. The van der Waals surface area contributed by atoms with E-state index in [1.165, 1.54) is 5.56 Å². The lowest BCUT2D eigenvalue weighted by Crippen LogP contribution is -2.49. The molecule has 0 saturated carbocycles. The van der Waals surface area contributed by atoms with Gasteiger partial charge in [0.1, 0.15) is 0 Å². The molecule has 0 spiro atoms. The zero-order valence-corrected chi connectivity index (χ0v) is 11.8. The highest BCUT2D eigenvalue weighted by atomic mass is 16.1. The number of aryl methyl sites for hydroxylation is 2. The Morgan fingerprint density at radius 2 is 1.83 bits per heavy atom. The first kappa shape index (κ1) is 14.7. The van der Waals surface area contributed by atoms with Crippen LogP contribution in [0.1, 0.15) is 48.2 Å². The molecule has 1 aromatic rings. The molecule has 1 rings (SSSR count). The van der Waals surface area contributed by atoms with Crippen LogP contribution in [0.5, 0.6) is 0 Å². The van der Waals surface area contributed by atoms with E-state index < -0.39 is 0 Å². The van der Waals surface area contributed by atoms with E-state index in [1.54, 1.807) is 0 Å². The zero-order valence-electron chi connectivity index (χ0n) is 11.8. The molecule has 100 valence electrons. The zero-order chi connectivity index (χ0) is 13.8. The van der Waals surface area contributed by atoms with Crippen LogP contribution in [0.25, 0.3) is 0 Å². The highest BCUT2D eigenvalue weighted by Gasteiger charge is 2.21. The Morgan fingerprint density at radius 1 is 1.22 bits per heavy atom. The third kappa shape index (κ3) is 3.57. The minimum atomic E-state index is -0.296. The molecule has 0 bridgehead atoms. The van der Waals surface area contributed by atoms with Crippen molar-refractivity contribution in [1.29, 1.82) is 0 Å². The van der Waals surface area contributed by atoms with Gasteiger partial charge in [0.05, 0.1) is 0 Å². The molecule has 0 aliphatic rings. The van der Waals surface area contributed by atoms with Crippen molar-refractivity contribution in [2.75, 3.05) is 6.54 Å². The second-order valence-corrected chi connectivity index (χ2v) is 5.05. The van der Waals surface area contributed by atoms with Crippen LogP contribution >= 0.6 is 0 Å². The summed E-state index contributed by atoms with van der Waals surface area (Å²) in [5.41, 5.74) is 8.90. The smallest absolute Gasteiger partial charge is 0.251 e. The first-order chi connectivity index (χ1) is 8.41. The molecule has 18 heavy (non-hydrogen) atoms. The molecule has 0 aromatic heterocycles. The first-order valence-corrected chi connectivity index (χ1v) is 6.56. The fourth-order valence-electron chi connectivity index (χ4n) is 1.74. The number of nitrogens with two attached hydrogens (primary N) is 1. The van der Waals surface area contributed by atoms with Crippen LogP contribution in [-0.2, 0) is 0 Å². The minimum absolute atomic E-state index is 0.0465. The molecule has 3 nitrogen and oxygen atoms in total. The van der Waals surface area contributed by atoms with Crippen molar-refractivity contribution in [1.82, 2.24) is 5.32 Å². The summed E-state index contributed by atoms with van der Waals surface area (Å²) in [5, 5.41) is 2.92. The van der Waals surface area contributed by atoms with Crippen LogP contribution in [0.2, 0.25) is 0 Å². The molecule has 1 amide bonds. The molecular formula is C15H24N2O. The van der Waals surface area contributed by atoms with Gasteiger partial charge in [0, 0.05) is 17.6 Å². The van der Waals surface area contributed by atoms with Gasteiger partial charge >= 0.3 is 0 Å². The summed E-state index contributed by atoms with van der Waals surface area (Å²) in [4.78, 5) is 12.0. The average molecular weight is 248 g/mol. The molecule has 3 N–H and O–H groups in total. The highest BCUT2D eigenvalue weighted by Crippen LogP contribution is 2.12. The van der Waals surface area contributed by atoms with Gasteiger partial charge in [-0.25, -0.2) is 0 Å². The highest BCUT2D eigenvalue weighted by molar-refractivity contribution is 5.94. The molecule has 3 heteroatoms. The van der Waals surface area contributed by atoms with Crippen LogP contribution in [0.15, 0.2) is 18.2 Å². The lowest BCUT2D eigenvalue weighted by atomic mass is 9.94. The second-order valence-electron chi connectivity index (χ2n) is 5.05. The van der Waals surface area contributed by atoms with E-state index in [-0.39, 0.29) is 11.4 Å². The number of nitrogens with one attached hydrogen (secondary N) is 1. The summed E-state index contributed by atoms with van der Waals surface area (Å²) >= 11 is 0. The van der Waals surface area contributed by atoms with E-state index in [9.17, 15) is 4.79 Å². The van der Waals surface area contributed by atoms with Gasteiger partial charge in [-0.1, -0.05) is 19.9 Å². The van der Waals surface area contributed by atoms with Crippen molar-refractivity contribution in [3.05, 3.63) is 34.9 Å². The maximum absolute atomic E-state index is 12.0. The predicted molar refractivity (Wildman–Crippen MR) is 75.7 cm³/mol. The molecule has 0 radical (unpaired) electrons. The summed E-state index contributed by atoms with van der Waals surface area (Å²) in [6.07, 6.45) is 1.72. The van der Waals surface area contributed by atoms with Gasteiger partial charge in [0.2, 0.25) is 0 Å². The van der Waals surface area contributed by atoms with Crippen LogP contribution < -0.4 is 11.1 Å². The summed E-state index contributed by atoms with van der Waals surface area (Å²) in [7, 11) is 0. The molecule has 0 aliphatic heterocycles. The fraction of sp³-hybridized carbons (Fsp3) is 0.533. The maximum atomic E-state index is 12.0. The summed E-state index contributed by atoms with van der Waals surface area (Å²) in [6.45, 7) is 8.66. The van der Waals surface area contributed by atoms with Gasteiger partial charge in [-0.05, 0) is 49.9 Å². The molecule has 0 saturated heterocycles. The van der Waals surface area contributed by atoms with Gasteiger partial charge in [0.15, 0.2) is 0 Å². The van der Waals surface area contributed by atoms with Gasteiger partial charge in [0.25, 0.3) is 5.91 Å². The van der Waals surface area contributed by atoms with Gasteiger partial charge in [-0.2, -0.15) is 0 Å². The Kier molecular flexibility index (Phi) is 4.91. The monoisotopic (exact) mass is 248 g/mol. The largest absolute Gasteiger partial charge is 0.350 e. The van der Waals surface area contributed by atoms with Crippen LogP contribution in [0, 0.1) is 13.8 Å². The number of hydrogen-bond acceptors (Lipinski definition) is 2. The van der Waals surface area contributed by atoms with Crippen LogP contribution in [0.3, 0.4) is 0 Å². The van der Waals surface area contributed by atoms with Crippen molar-refractivity contribution in [2.45, 2.75) is 46.1 Å². The molecule has 1 aromatic carbocycles. The third-order valence-electron chi connectivity index (χ3n) is 3.78. The summed E-state index contributed by atoms with van der Waals surface area (Å²) < 4.78 is 0. The topological polar surface area (TPSA) is 55.1 Å². The normalized spacial score (nSPS) is 11.4. The number of carbonyl (C=O) groups is 1.